The first-order chi connectivity index (χ1) is 9.34. The smallest absolute Gasteiger partial charge is 0.117 e. The molecule has 0 bridgehead atoms. The Balaban J connectivity index is 1.79. The summed E-state index contributed by atoms with van der Waals surface area (Å²) in [6, 6.07) is 4.82. The van der Waals surface area contributed by atoms with E-state index in [-0.39, 0.29) is 5.54 Å². The van der Waals surface area contributed by atoms with Gasteiger partial charge in [0.1, 0.15) is 5.76 Å². The molecule has 0 aromatic carbocycles. The molecular weight excluding hydrogens is 236 g/mol. The van der Waals surface area contributed by atoms with Gasteiger partial charge in [0.05, 0.1) is 12.8 Å². The highest BCUT2D eigenvalue weighted by molar-refractivity contribution is 5.05. The molecule has 1 aromatic rings. The summed E-state index contributed by atoms with van der Waals surface area (Å²) in [5.41, 5.74) is 6.46. The first-order valence-corrected chi connectivity index (χ1v) is 7.83. The van der Waals surface area contributed by atoms with Crippen LogP contribution < -0.4 is 5.73 Å². The average Bonchev–Trinajstić information content (AvgIpc) is 3.20. The molecule has 2 N–H and O–H groups in total. The fourth-order valence-corrected chi connectivity index (χ4v) is 3.64. The summed E-state index contributed by atoms with van der Waals surface area (Å²) >= 11 is 0. The molecule has 2 aliphatic rings. The monoisotopic (exact) mass is 262 g/mol. The molecule has 2 saturated carbocycles. The maximum absolute atomic E-state index is 6.23. The Morgan fingerprint density at radius 2 is 1.95 bits per heavy atom. The highest BCUT2D eigenvalue weighted by Gasteiger charge is 2.43. The van der Waals surface area contributed by atoms with Gasteiger partial charge in [0.2, 0.25) is 0 Å². The summed E-state index contributed by atoms with van der Waals surface area (Å²) in [4.78, 5) is 2.68. The predicted octanol–water partition coefficient (Wildman–Crippen LogP) is 3.30. The van der Waals surface area contributed by atoms with Gasteiger partial charge in [0.25, 0.3) is 0 Å². The SMILES string of the molecule is NCC1(N(Cc2ccco2)C2CC2)CCCCCC1. The minimum Gasteiger partial charge on any atom is -0.468 e. The minimum absolute atomic E-state index is 0.227. The lowest BCUT2D eigenvalue weighted by Crippen LogP contribution is -2.54. The van der Waals surface area contributed by atoms with Crippen molar-refractivity contribution in [2.75, 3.05) is 6.54 Å². The van der Waals surface area contributed by atoms with Crippen molar-refractivity contribution in [1.29, 1.82) is 0 Å². The number of hydrogen-bond acceptors (Lipinski definition) is 3. The van der Waals surface area contributed by atoms with Gasteiger partial charge in [0.15, 0.2) is 0 Å². The normalized spacial score (nSPS) is 23.5. The van der Waals surface area contributed by atoms with E-state index in [1.807, 2.05) is 6.07 Å². The zero-order valence-corrected chi connectivity index (χ0v) is 11.8. The number of furan rings is 1. The summed E-state index contributed by atoms with van der Waals surface area (Å²) in [6.45, 7) is 1.74. The van der Waals surface area contributed by atoms with Gasteiger partial charge in [-0.3, -0.25) is 4.90 Å². The molecule has 0 amide bonds. The van der Waals surface area contributed by atoms with E-state index < -0.39 is 0 Å². The summed E-state index contributed by atoms with van der Waals surface area (Å²) in [7, 11) is 0. The molecule has 1 aromatic heterocycles. The maximum atomic E-state index is 6.23. The van der Waals surface area contributed by atoms with Gasteiger partial charge in [-0.25, -0.2) is 0 Å². The van der Waals surface area contributed by atoms with Crippen molar-refractivity contribution >= 4 is 0 Å². The van der Waals surface area contributed by atoms with E-state index in [0.29, 0.717) is 0 Å². The van der Waals surface area contributed by atoms with Crippen LogP contribution in [0, 0.1) is 0 Å². The molecule has 0 spiro atoms. The topological polar surface area (TPSA) is 42.4 Å². The number of nitrogens with two attached hydrogens (primary N) is 1. The molecule has 1 heterocycles. The highest BCUT2D eigenvalue weighted by atomic mass is 16.3. The van der Waals surface area contributed by atoms with Crippen LogP contribution in [0.1, 0.15) is 57.1 Å². The standard InChI is InChI=1S/C16H26N2O/c17-13-16(9-3-1-2-4-10-16)18(14-7-8-14)12-15-6-5-11-19-15/h5-6,11,14H,1-4,7-10,12-13,17H2. The Morgan fingerprint density at radius 1 is 1.21 bits per heavy atom. The van der Waals surface area contributed by atoms with Gasteiger partial charge < -0.3 is 10.2 Å². The van der Waals surface area contributed by atoms with Crippen LogP contribution in [-0.4, -0.2) is 23.0 Å². The quantitative estimate of drug-likeness (QED) is 0.828. The Morgan fingerprint density at radius 3 is 2.47 bits per heavy atom. The Labute approximate surface area is 116 Å². The van der Waals surface area contributed by atoms with Crippen molar-refractivity contribution in [1.82, 2.24) is 4.90 Å². The fourth-order valence-electron chi connectivity index (χ4n) is 3.64. The van der Waals surface area contributed by atoms with Crippen LogP contribution in [0.15, 0.2) is 22.8 Å². The molecule has 2 aliphatic carbocycles. The lowest BCUT2D eigenvalue weighted by molar-refractivity contribution is 0.0545. The molecule has 0 unspecified atom stereocenters. The van der Waals surface area contributed by atoms with Crippen molar-refractivity contribution in [2.45, 2.75) is 69.5 Å². The van der Waals surface area contributed by atoms with Gasteiger partial charge in [-0.2, -0.15) is 0 Å². The molecule has 0 atom stereocenters. The van der Waals surface area contributed by atoms with Crippen LogP contribution >= 0.6 is 0 Å². The van der Waals surface area contributed by atoms with Gasteiger partial charge in [-0.05, 0) is 37.8 Å². The van der Waals surface area contributed by atoms with Crippen LogP contribution in [0.3, 0.4) is 0 Å². The van der Waals surface area contributed by atoms with Crippen LogP contribution in [0.2, 0.25) is 0 Å². The van der Waals surface area contributed by atoms with E-state index in [1.54, 1.807) is 6.26 Å². The van der Waals surface area contributed by atoms with E-state index in [4.69, 9.17) is 10.2 Å². The summed E-state index contributed by atoms with van der Waals surface area (Å²) < 4.78 is 5.57. The minimum atomic E-state index is 0.227. The van der Waals surface area contributed by atoms with E-state index in [9.17, 15) is 0 Å². The Hall–Kier alpha value is -0.800. The summed E-state index contributed by atoms with van der Waals surface area (Å²) in [5, 5.41) is 0. The third-order valence-corrected chi connectivity index (χ3v) is 4.92. The molecule has 3 heteroatoms. The Bertz CT molecular complexity index is 375. The van der Waals surface area contributed by atoms with Crippen molar-refractivity contribution in [3.63, 3.8) is 0 Å². The van der Waals surface area contributed by atoms with E-state index in [2.05, 4.69) is 11.0 Å². The molecule has 0 saturated heterocycles. The third kappa shape index (κ3) is 2.87. The second-order valence-corrected chi connectivity index (χ2v) is 6.28. The second kappa shape index (κ2) is 5.68. The second-order valence-electron chi connectivity index (χ2n) is 6.28. The number of hydrogen-bond donors (Lipinski definition) is 1. The van der Waals surface area contributed by atoms with Crippen LogP contribution in [-0.2, 0) is 6.54 Å². The van der Waals surface area contributed by atoms with Crippen molar-refractivity contribution in [3.8, 4) is 0 Å². The molecule has 0 radical (unpaired) electrons. The summed E-state index contributed by atoms with van der Waals surface area (Å²) in [5.74, 6) is 1.09. The molecule has 0 aliphatic heterocycles. The first kappa shape index (κ1) is 13.2. The van der Waals surface area contributed by atoms with Crippen molar-refractivity contribution in [3.05, 3.63) is 24.2 Å². The van der Waals surface area contributed by atoms with E-state index in [0.717, 1.165) is 24.9 Å². The zero-order valence-electron chi connectivity index (χ0n) is 11.8. The molecule has 3 rings (SSSR count). The lowest BCUT2D eigenvalue weighted by Gasteiger charge is -2.43. The van der Waals surface area contributed by atoms with Crippen LogP contribution in [0.4, 0.5) is 0 Å². The third-order valence-electron chi connectivity index (χ3n) is 4.92. The van der Waals surface area contributed by atoms with Gasteiger partial charge in [-0.1, -0.05) is 25.7 Å². The van der Waals surface area contributed by atoms with E-state index in [1.165, 1.54) is 51.4 Å². The molecular formula is C16H26N2O. The van der Waals surface area contributed by atoms with Crippen molar-refractivity contribution < 1.29 is 4.42 Å². The van der Waals surface area contributed by atoms with Crippen molar-refractivity contribution in [2.24, 2.45) is 5.73 Å². The zero-order chi connectivity index (χ0) is 13.1. The average molecular weight is 262 g/mol. The number of rotatable bonds is 5. The Kier molecular flexibility index (Phi) is 3.94. The molecule has 3 nitrogen and oxygen atoms in total. The molecule has 19 heavy (non-hydrogen) atoms. The largest absolute Gasteiger partial charge is 0.468 e. The van der Waals surface area contributed by atoms with Crippen LogP contribution in [0.5, 0.6) is 0 Å². The van der Waals surface area contributed by atoms with Gasteiger partial charge in [0, 0.05) is 18.1 Å². The van der Waals surface area contributed by atoms with Gasteiger partial charge >= 0.3 is 0 Å². The molecule has 106 valence electrons. The fraction of sp³-hybridized carbons (Fsp3) is 0.750. The molecule has 2 fully saturated rings. The first-order valence-electron chi connectivity index (χ1n) is 7.83. The lowest BCUT2D eigenvalue weighted by atomic mass is 9.87. The number of nitrogens with zero attached hydrogens (tertiary/aromatic N) is 1. The highest BCUT2D eigenvalue weighted by Crippen LogP contribution is 2.40. The van der Waals surface area contributed by atoms with Crippen LogP contribution in [0.25, 0.3) is 0 Å². The maximum Gasteiger partial charge on any atom is 0.117 e. The van der Waals surface area contributed by atoms with Gasteiger partial charge in [-0.15, -0.1) is 0 Å². The summed E-state index contributed by atoms with van der Waals surface area (Å²) in [6.07, 6.45) is 12.4. The van der Waals surface area contributed by atoms with E-state index >= 15 is 0 Å². The predicted molar refractivity (Wildman–Crippen MR) is 76.8 cm³/mol.